The van der Waals surface area contributed by atoms with Crippen molar-refractivity contribution >= 4 is 23.9 Å². The van der Waals surface area contributed by atoms with E-state index in [4.69, 9.17) is 10.2 Å². The molecule has 0 aliphatic carbocycles. The highest BCUT2D eigenvalue weighted by Gasteiger charge is 2.10. The number of carboxylic acid groups (broad SMARTS) is 2. The second-order valence-corrected chi connectivity index (χ2v) is 24.4. The molecular weight excluding hydrogens is 993 g/mol. The third-order valence-corrected chi connectivity index (χ3v) is 16.2. The van der Waals surface area contributed by atoms with Crippen LogP contribution in [0.2, 0.25) is 0 Å². The molecule has 0 saturated heterocycles. The molecule has 0 aromatic carbocycles. The zero-order chi connectivity index (χ0) is 59.9. The monoisotopic (exact) mass is 1140 g/mol. The summed E-state index contributed by atoms with van der Waals surface area (Å²) in [5, 5.41) is 17.5. The van der Waals surface area contributed by atoms with E-state index in [0.717, 1.165) is 38.5 Å². The van der Waals surface area contributed by atoms with Gasteiger partial charge >= 0.3 is 23.9 Å². The van der Waals surface area contributed by atoms with Crippen LogP contribution in [-0.4, -0.2) is 48.3 Å². The molecule has 0 rings (SSSR count). The Labute approximate surface area is 500 Å². The van der Waals surface area contributed by atoms with Crippen LogP contribution in [0.1, 0.15) is 414 Å². The van der Waals surface area contributed by atoms with Crippen molar-refractivity contribution in [3.8, 4) is 0 Å². The van der Waals surface area contributed by atoms with Gasteiger partial charge in [-0.05, 0) is 25.7 Å². The van der Waals surface area contributed by atoms with Crippen LogP contribution < -0.4 is 0 Å². The van der Waals surface area contributed by atoms with E-state index in [2.05, 4.69) is 37.2 Å². The van der Waals surface area contributed by atoms with E-state index in [0.29, 0.717) is 12.8 Å². The van der Waals surface area contributed by atoms with E-state index >= 15 is 0 Å². The lowest BCUT2D eigenvalue weighted by Crippen LogP contribution is -2.08. The smallest absolute Gasteiger partial charge is 0.306 e. The summed E-state index contributed by atoms with van der Waals surface area (Å²) >= 11 is 0. The highest BCUT2D eigenvalue weighted by atomic mass is 16.5. The van der Waals surface area contributed by atoms with Gasteiger partial charge in [-0.2, -0.15) is 0 Å². The van der Waals surface area contributed by atoms with Gasteiger partial charge in [-0.15, -0.1) is 0 Å². The first-order valence-electron chi connectivity index (χ1n) is 35.6. The molecule has 8 heteroatoms. The van der Waals surface area contributed by atoms with Gasteiger partial charge in [0.2, 0.25) is 0 Å². The molecule has 2 N–H and O–H groups in total. The van der Waals surface area contributed by atoms with Crippen LogP contribution in [0.5, 0.6) is 0 Å². The molecule has 0 aromatic rings. The Hall–Kier alpha value is -2.12. The number of hydrogen-bond acceptors (Lipinski definition) is 6. The highest BCUT2D eigenvalue weighted by molar-refractivity contribution is 5.70. The molecule has 0 fully saturated rings. The summed E-state index contributed by atoms with van der Waals surface area (Å²) in [5.74, 6) is -1.76. The third kappa shape index (κ3) is 82.3. The van der Waals surface area contributed by atoms with Crippen molar-refractivity contribution < 1.29 is 38.9 Å². The fourth-order valence-corrected chi connectivity index (χ4v) is 10.3. The number of rotatable bonds is 60. The van der Waals surface area contributed by atoms with Gasteiger partial charge < -0.3 is 19.7 Å². The molecule has 0 amide bonds. The van der Waals surface area contributed by atoms with Crippen LogP contribution in [0, 0.1) is 11.8 Å². The van der Waals surface area contributed by atoms with Gasteiger partial charge in [-0.3, -0.25) is 19.2 Å². The summed E-state index contributed by atoms with van der Waals surface area (Å²) in [5.41, 5.74) is 0. The number of hydrogen-bond donors (Lipinski definition) is 2. The van der Waals surface area contributed by atoms with Gasteiger partial charge in [0.25, 0.3) is 0 Å². The SMILES string of the molecule is CCCCCCCCCCCCCCC(C)C(=O)O.CCCCCCCCCCCCCCCC(=O)OC.CCCCCCCCCCCCCCCCC(C)C(=O)O.CCCCCCCCCCCCCCCCCC(=O)OC. The molecule has 8 nitrogen and oxygen atoms in total. The summed E-state index contributed by atoms with van der Waals surface area (Å²) in [6.07, 6.45) is 75.6. The molecular formula is C72H144O8. The minimum absolute atomic E-state index is 0.0651. The second kappa shape index (κ2) is 76.9. The quantitative estimate of drug-likeness (QED) is 0.0455. The van der Waals surface area contributed by atoms with Crippen molar-refractivity contribution in [3.05, 3.63) is 0 Å². The van der Waals surface area contributed by atoms with E-state index in [-0.39, 0.29) is 23.8 Å². The summed E-state index contributed by atoms with van der Waals surface area (Å²) in [4.78, 5) is 43.1. The zero-order valence-electron chi connectivity index (χ0n) is 55.5. The highest BCUT2D eigenvalue weighted by Crippen LogP contribution is 2.19. The maximum absolute atomic E-state index is 10.9. The van der Waals surface area contributed by atoms with Crippen LogP contribution in [0.25, 0.3) is 0 Å². The third-order valence-electron chi connectivity index (χ3n) is 16.2. The Morgan fingerprint density at radius 3 is 0.525 bits per heavy atom. The van der Waals surface area contributed by atoms with Crippen LogP contribution in [0.4, 0.5) is 0 Å². The Balaban J connectivity index is -0.000000482. The summed E-state index contributed by atoms with van der Waals surface area (Å²) in [6.45, 7) is 12.7. The lowest BCUT2D eigenvalue weighted by molar-refractivity contribution is -0.142. The number of esters is 2. The van der Waals surface area contributed by atoms with Crippen molar-refractivity contribution in [2.24, 2.45) is 11.8 Å². The van der Waals surface area contributed by atoms with Gasteiger partial charge in [-0.1, -0.05) is 375 Å². The van der Waals surface area contributed by atoms with E-state index in [1.807, 2.05) is 6.92 Å². The van der Waals surface area contributed by atoms with Gasteiger partial charge in [0.15, 0.2) is 0 Å². The van der Waals surface area contributed by atoms with Gasteiger partial charge in [0.05, 0.1) is 26.1 Å². The van der Waals surface area contributed by atoms with E-state index in [1.54, 1.807) is 6.92 Å². The largest absolute Gasteiger partial charge is 0.481 e. The first-order valence-corrected chi connectivity index (χ1v) is 35.6. The van der Waals surface area contributed by atoms with Crippen molar-refractivity contribution in [1.82, 2.24) is 0 Å². The summed E-state index contributed by atoms with van der Waals surface area (Å²) in [6, 6.07) is 0. The van der Waals surface area contributed by atoms with Crippen LogP contribution in [-0.2, 0) is 28.7 Å². The fraction of sp³-hybridized carbons (Fsp3) is 0.944. The van der Waals surface area contributed by atoms with Crippen LogP contribution >= 0.6 is 0 Å². The number of ether oxygens (including phenoxy) is 2. The van der Waals surface area contributed by atoms with Gasteiger partial charge in [0.1, 0.15) is 0 Å². The number of unbranched alkanes of at least 4 members (excludes halogenated alkanes) is 50. The lowest BCUT2D eigenvalue weighted by atomic mass is 10.0. The number of carbonyl (C=O) groups excluding carboxylic acids is 2. The van der Waals surface area contributed by atoms with Crippen molar-refractivity contribution in [2.75, 3.05) is 14.2 Å². The fourth-order valence-electron chi connectivity index (χ4n) is 10.3. The minimum atomic E-state index is -0.650. The van der Waals surface area contributed by atoms with E-state index < -0.39 is 11.9 Å². The molecule has 2 atom stereocenters. The van der Waals surface area contributed by atoms with Crippen LogP contribution in [0.15, 0.2) is 0 Å². The Kier molecular flexibility index (Phi) is 81.0. The Bertz CT molecular complexity index is 1190. The zero-order valence-corrected chi connectivity index (χ0v) is 55.5. The number of carboxylic acids is 2. The van der Waals surface area contributed by atoms with Crippen LogP contribution in [0.3, 0.4) is 0 Å². The predicted octanol–water partition coefficient (Wildman–Crippen LogP) is 24.4. The number of carbonyl (C=O) groups is 4. The Morgan fingerprint density at radius 1 is 0.250 bits per heavy atom. The molecule has 0 heterocycles. The molecule has 0 radical (unpaired) electrons. The molecule has 0 aliphatic heterocycles. The molecule has 0 bridgehead atoms. The molecule has 0 aliphatic rings. The average Bonchev–Trinajstić information content (AvgIpc) is 3.45. The minimum Gasteiger partial charge on any atom is -0.481 e. The van der Waals surface area contributed by atoms with Crippen molar-refractivity contribution in [2.45, 2.75) is 414 Å². The number of methoxy groups -OCH3 is 2. The number of aliphatic carboxylic acids is 2. The van der Waals surface area contributed by atoms with E-state index in [1.165, 1.54) is 335 Å². The summed E-state index contributed by atoms with van der Waals surface area (Å²) < 4.78 is 9.25. The molecule has 0 spiro atoms. The first-order chi connectivity index (χ1) is 39.0. The van der Waals surface area contributed by atoms with Crippen molar-refractivity contribution in [3.63, 3.8) is 0 Å². The topological polar surface area (TPSA) is 127 Å². The first kappa shape index (κ1) is 84.3. The molecule has 480 valence electrons. The molecule has 0 aromatic heterocycles. The standard InChI is InChI=1S/2C19H38O2.2C17H34O2/c1-3-4-5-6-7-8-9-10-11-12-13-14-15-16-17-18-19(20)21-2;1-3-4-5-6-7-8-9-10-11-12-13-14-15-16-17-18(2)19(20)21;1-3-4-5-6-7-8-9-10-11-12-13-14-15-16-17(18)19-2;1-3-4-5-6-7-8-9-10-11-12-13-14-15-16(2)17(18)19/h3-18H2,1-2H3;18H,3-17H2,1-2H3,(H,20,21);3-16H2,1-2H3;16H,3-15H2,1-2H3,(H,18,19). The normalized spacial score (nSPS) is 11.6. The van der Waals surface area contributed by atoms with Gasteiger partial charge in [-0.25, -0.2) is 0 Å². The maximum atomic E-state index is 10.9. The Morgan fingerprint density at radius 2 is 0.388 bits per heavy atom. The second-order valence-electron chi connectivity index (χ2n) is 24.4. The lowest BCUT2D eigenvalue weighted by Gasteiger charge is -2.05. The van der Waals surface area contributed by atoms with Crippen molar-refractivity contribution in [1.29, 1.82) is 0 Å². The molecule has 0 saturated carbocycles. The molecule has 80 heavy (non-hydrogen) atoms. The average molecular weight is 1140 g/mol. The maximum Gasteiger partial charge on any atom is 0.306 e. The molecule has 2 unspecified atom stereocenters. The van der Waals surface area contributed by atoms with Gasteiger partial charge in [0, 0.05) is 12.8 Å². The summed E-state index contributed by atoms with van der Waals surface area (Å²) in [7, 11) is 2.93. The predicted molar refractivity (Wildman–Crippen MR) is 348 cm³/mol. The van der Waals surface area contributed by atoms with E-state index in [9.17, 15) is 19.2 Å².